The fraction of sp³-hybridized carbons (Fsp3) is 0.636. The van der Waals surface area contributed by atoms with E-state index in [0.717, 1.165) is 19.3 Å². The summed E-state index contributed by atoms with van der Waals surface area (Å²) in [6.07, 6.45) is 9.44. The van der Waals surface area contributed by atoms with Gasteiger partial charge in [0.25, 0.3) is 0 Å². The van der Waals surface area contributed by atoms with Crippen LogP contribution in [-0.4, -0.2) is 24.4 Å². The van der Waals surface area contributed by atoms with E-state index in [-0.39, 0.29) is 18.1 Å². The maximum atomic E-state index is 9.27. The Morgan fingerprint density at radius 1 is 1.69 bits per heavy atom. The molecule has 2 nitrogen and oxygen atoms in total. The SMILES string of the molecule is COC12C=CC=C(CC[C@@H]1CO)C2. The molecule has 1 fully saturated rings. The first-order valence-electron chi connectivity index (χ1n) is 4.84. The van der Waals surface area contributed by atoms with Crippen LogP contribution in [0.5, 0.6) is 0 Å². The molecule has 1 saturated carbocycles. The molecule has 0 aliphatic heterocycles. The van der Waals surface area contributed by atoms with Gasteiger partial charge in [-0.3, -0.25) is 0 Å². The third kappa shape index (κ3) is 1.34. The Kier molecular flexibility index (Phi) is 2.26. The van der Waals surface area contributed by atoms with Crippen LogP contribution < -0.4 is 0 Å². The van der Waals surface area contributed by atoms with Crippen molar-refractivity contribution in [1.29, 1.82) is 0 Å². The average molecular weight is 180 g/mol. The number of fused-ring (bicyclic) bond motifs is 2. The normalized spacial score (nSPS) is 37.4. The fourth-order valence-electron chi connectivity index (χ4n) is 2.43. The van der Waals surface area contributed by atoms with Crippen LogP contribution in [0.2, 0.25) is 0 Å². The number of aliphatic hydroxyl groups is 1. The van der Waals surface area contributed by atoms with E-state index in [0.29, 0.717) is 0 Å². The van der Waals surface area contributed by atoms with Crippen LogP contribution >= 0.6 is 0 Å². The van der Waals surface area contributed by atoms with Crippen LogP contribution in [-0.2, 0) is 4.74 Å². The van der Waals surface area contributed by atoms with Gasteiger partial charge in [-0.1, -0.05) is 23.8 Å². The zero-order valence-corrected chi connectivity index (χ0v) is 7.99. The molecular formula is C11H16O2. The first-order chi connectivity index (χ1) is 6.30. The highest BCUT2D eigenvalue weighted by molar-refractivity contribution is 5.29. The molecule has 0 aromatic heterocycles. The third-order valence-electron chi connectivity index (χ3n) is 3.32. The molecular weight excluding hydrogens is 164 g/mol. The fourth-order valence-corrected chi connectivity index (χ4v) is 2.43. The van der Waals surface area contributed by atoms with Crippen LogP contribution in [0.25, 0.3) is 0 Å². The van der Waals surface area contributed by atoms with Crippen molar-refractivity contribution < 1.29 is 9.84 Å². The highest BCUT2D eigenvalue weighted by Gasteiger charge is 2.41. The summed E-state index contributed by atoms with van der Waals surface area (Å²) in [5.41, 5.74) is 1.24. The molecule has 72 valence electrons. The topological polar surface area (TPSA) is 29.5 Å². The van der Waals surface area contributed by atoms with Crippen LogP contribution in [0.4, 0.5) is 0 Å². The number of rotatable bonds is 2. The Hall–Kier alpha value is -0.600. The number of methoxy groups -OCH3 is 1. The molecule has 0 radical (unpaired) electrons. The second-order valence-corrected chi connectivity index (χ2v) is 3.94. The van der Waals surface area contributed by atoms with Crippen molar-refractivity contribution in [2.24, 2.45) is 5.92 Å². The van der Waals surface area contributed by atoms with E-state index in [2.05, 4.69) is 18.2 Å². The zero-order valence-electron chi connectivity index (χ0n) is 7.99. The molecule has 2 aliphatic rings. The van der Waals surface area contributed by atoms with Crippen LogP contribution in [0.1, 0.15) is 19.3 Å². The molecule has 0 amide bonds. The van der Waals surface area contributed by atoms with E-state index in [1.807, 2.05) is 0 Å². The molecule has 0 spiro atoms. The minimum Gasteiger partial charge on any atom is -0.396 e. The third-order valence-corrected chi connectivity index (χ3v) is 3.32. The smallest absolute Gasteiger partial charge is 0.0948 e. The van der Waals surface area contributed by atoms with Crippen molar-refractivity contribution in [3.8, 4) is 0 Å². The van der Waals surface area contributed by atoms with Crippen molar-refractivity contribution in [3.05, 3.63) is 23.8 Å². The van der Waals surface area contributed by atoms with Gasteiger partial charge in [0, 0.05) is 26.1 Å². The molecule has 2 bridgehead atoms. The van der Waals surface area contributed by atoms with Crippen molar-refractivity contribution in [2.75, 3.05) is 13.7 Å². The summed E-state index contributed by atoms with van der Waals surface area (Å²) in [5.74, 6) is 0.270. The van der Waals surface area contributed by atoms with E-state index in [9.17, 15) is 5.11 Å². The lowest BCUT2D eigenvalue weighted by atomic mass is 9.71. The summed E-state index contributed by atoms with van der Waals surface area (Å²) in [5, 5.41) is 9.27. The molecule has 1 unspecified atom stereocenters. The monoisotopic (exact) mass is 180 g/mol. The maximum Gasteiger partial charge on any atom is 0.0948 e. The molecule has 1 N–H and O–H groups in total. The van der Waals surface area contributed by atoms with Crippen LogP contribution in [0.15, 0.2) is 23.8 Å². The molecule has 0 aromatic rings. The van der Waals surface area contributed by atoms with Crippen molar-refractivity contribution in [2.45, 2.75) is 24.9 Å². The maximum absolute atomic E-state index is 9.27. The van der Waals surface area contributed by atoms with Crippen molar-refractivity contribution in [1.82, 2.24) is 0 Å². The van der Waals surface area contributed by atoms with Gasteiger partial charge in [0.2, 0.25) is 0 Å². The van der Waals surface area contributed by atoms with Crippen molar-refractivity contribution in [3.63, 3.8) is 0 Å². The predicted octanol–water partition coefficient (Wildman–Crippen LogP) is 1.66. The Balaban J connectivity index is 2.28. The van der Waals surface area contributed by atoms with Gasteiger partial charge in [-0.2, -0.15) is 0 Å². The van der Waals surface area contributed by atoms with E-state index < -0.39 is 0 Å². The summed E-state index contributed by atoms with van der Waals surface area (Å²) in [6.45, 7) is 0.228. The van der Waals surface area contributed by atoms with Gasteiger partial charge >= 0.3 is 0 Å². The summed E-state index contributed by atoms with van der Waals surface area (Å²) in [4.78, 5) is 0. The summed E-state index contributed by atoms with van der Waals surface area (Å²) in [6, 6.07) is 0. The van der Waals surface area contributed by atoms with E-state index in [1.165, 1.54) is 5.57 Å². The highest BCUT2D eigenvalue weighted by Crippen LogP contribution is 2.42. The molecule has 2 atom stereocenters. The van der Waals surface area contributed by atoms with Gasteiger partial charge in [-0.05, 0) is 12.8 Å². The first-order valence-corrected chi connectivity index (χ1v) is 4.84. The van der Waals surface area contributed by atoms with Crippen molar-refractivity contribution >= 4 is 0 Å². The van der Waals surface area contributed by atoms with Gasteiger partial charge in [-0.15, -0.1) is 0 Å². The summed E-state index contributed by atoms with van der Waals surface area (Å²) in [7, 11) is 1.74. The zero-order chi connectivity index (χ0) is 9.31. The second-order valence-electron chi connectivity index (χ2n) is 3.94. The predicted molar refractivity (Wildman–Crippen MR) is 51.4 cm³/mol. The van der Waals surface area contributed by atoms with Crippen LogP contribution in [0.3, 0.4) is 0 Å². The molecule has 13 heavy (non-hydrogen) atoms. The van der Waals surface area contributed by atoms with Gasteiger partial charge in [0.05, 0.1) is 5.60 Å². The molecule has 0 aromatic carbocycles. The summed E-state index contributed by atoms with van der Waals surface area (Å²) < 4.78 is 5.57. The largest absolute Gasteiger partial charge is 0.396 e. The van der Waals surface area contributed by atoms with E-state index in [4.69, 9.17) is 4.74 Å². The first kappa shape index (κ1) is 8.97. The minimum atomic E-state index is -0.211. The lowest BCUT2D eigenvalue weighted by molar-refractivity contribution is -0.0501. The number of hydrogen-bond donors (Lipinski definition) is 1. The molecule has 2 aliphatic carbocycles. The molecule has 2 rings (SSSR count). The molecule has 0 heterocycles. The number of aliphatic hydroxyl groups excluding tert-OH is 1. The lowest BCUT2D eigenvalue weighted by Gasteiger charge is -2.42. The second kappa shape index (κ2) is 3.28. The standard InChI is InChI=1S/C11H16O2/c1-13-11-6-2-3-9(7-11)4-5-10(11)8-12/h2-3,6,10,12H,4-5,7-8H2,1H3/t10-,11?/m1/s1. The number of allylic oxidation sites excluding steroid dienone is 2. The van der Waals surface area contributed by atoms with E-state index >= 15 is 0 Å². The van der Waals surface area contributed by atoms with Gasteiger partial charge in [0.15, 0.2) is 0 Å². The van der Waals surface area contributed by atoms with Gasteiger partial charge in [0.1, 0.15) is 0 Å². The van der Waals surface area contributed by atoms with E-state index in [1.54, 1.807) is 7.11 Å². The molecule has 2 heteroatoms. The molecule has 0 saturated heterocycles. The Morgan fingerprint density at radius 3 is 3.23 bits per heavy atom. The Labute approximate surface area is 78.9 Å². The minimum absolute atomic E-state index is 0.211. The Morgan fingerprint density at radius 2 is 2.54 bits per heavy atom. The van der Waals surface area contributed by atoms with Crippen LogP contribution in [0, 0.1) is 5.92 Å². The summed E-state index contributed by atoms with van der Waals surface area (Å²) >= 11 is 0. The highest BCUT2D eigenvalue weighted by atomic mass is 16.5. The Bertz CT molecular complexity index is 255. The van der Waals surface area contributed by atoms with Gasteiger partial charge in [-0.25, -0.2) is 0 Å². The average Bonchev–Trinajstić information content (AvgIpc) is 2.18. The number of ether oxygens (including phenoxy) is 1. The quantitative estimate of drug-likeness (QED) is 0.700. The van der Waals surface area contributed by atoms with Gasteiger partial charge < -0.3 is 9.84 Å². The lowest BCUT2D eigenvalue weighted by Crippen LogP contribution is -2.44. The number of hydrogen-bond acceptors (Lipinski definition) is 2.